The fourth-order valence-corrected chi connectivity index (χ4v) is 2.85. The topological polar surface area (TPSA) is 29.5 Å². The lowest BCUT2D eigenvalue weighted by atomic mass is 10.2. The Hall–Kier alpha value is -2.05. The molecule has 0 aliphatic rings. The number of halogens is 2. The highest BCUT2D eigenvalue weighted by Crippen LogP contribution is 2.25. The van der Waals surface area contributed by atoms with Gasteiger partial charge < -0.3 is 9.64 Å². The molecule has 1 aromatic carbocycles. The van der Waals surface area contributed by atoms with Gasteiger partial charge in [-0.3, -0.25) is 4.79 Å². The van der Waals surface area contributed by atoms with E-state index in [9.17, 15) is 13.6 Å². The number of nitrogens with zero attached hydrogens (tertiary/aromatic N) is 1. The van der Waals surface area contributed by atoms with Crippen LogP contribution in [0.15, 0.2) is 48.4 Å². The zero-order valence-electron chi connectivity index (χ0n) is 13.4. The van der Waals surface area contributed by atoms with Crippen molar-refractivity contribution in [1.82, 2.24) is 0 Å². The summed E-state index contributed by atoms with van der Waals surface area (Å²) in [4.78, 5) is 14.9. The van der Waals surface area contributed by atoms with Gasteiger partial charge in [0.05, 0.1) is 18.8 Å². The summed E-state index contributed by atoms with van der Waals surface area (Å²) >= 11 is 1.46. The summed E-state index contributed by atoms with van der Waals surface area (Å²) in [5.74, 6) is -1.84. The van der Waals surface area contributed by atoms with Gasteiger partial charge >= 0.3 is 0 Å². The van der Waals surface area contributed by atoms with Crippen LogP contribution in [-0.4, -0.2) is 18.6 Å². The number of rotatable bonds is 8. The smallest absolute Gasteiger partial charge is 0.256 e. The highest BCUT2D eigenvalue weighted by molar-refractivity contribution is 7.09. The lowest BCUT2D eigenvalue weighted by Crippen LogP contribution is -2.39. The molecule has 0 N–H and O–H groups in total. The van der Waals surface area contributed by atoms with Crippen LogP contribution in [0.25, 0.3) is 0 Å². The van der Waals surface area contributed by atoms with Gasteiger partial charge in [-0.2, -0.15) is 0 Å². The Morgan fingerprint density at radius 2 is 2.21 bits per heavy atom. The lowest BCUT2D eigenvalue weighted by molar-refractivity contribution is -0.129. The Balaban J connectivity index is 2.24. The Bertz CT molecular complexity index is 688. The zero-order chi connectivity index (χ0) is 17.5. The molecule has 0 radical (unpaired) electrons. The molecule has 0 saturated carbocycles. The molecule has 1 heterocycles. The van der Waals surface area contributed by atoms with Gasteiger partial charge in [0.1, 0.15) is 17.7 Å². The van der Waals surface area contributed by atoms with Crippen molar-refractivity contribution in [1.29, 1.82) is 0 Å². The first kappa shape index (κ1) is 18.3. The molecule has 2 rings (SSSR count). The minimum absolute atomic E-state index is 0.0361. The SMILES string of the molecule is C=CCCOC(C)C(=O)N(Cc1cccs1)c1ccc(F)cc1F. The Morgan fingerprint density at radius 1 is 1.42 bits per heavy atom. The number of hydrogen-bond acceptors (Lipinski definition) is 3. The number of carbonyl (C=O) groups excluding carboxylic acids is 1. The average molecular weight is 351 g/mol. The quantitative estimate of drug-likeness (QED) is 0.516. The molecule has 128 valence electrons. The van der Waals surface area contributed by atoms with Crippen molar-refractivity contribution in [2.75, 3.05) is 11.5 Å². The standard InChI is InChI=1S/C18H19F2NO2S/c1-3-4-9-23-13(2)18(22)21(12-15-6-5-10-24-15)17-8-7-14(19)11-16(17)20/h3,5-8,10-11,13H,1,4,9,12H2,2H3. The molecule has 2 aromatic rings. The predicted octanol–water partition coefficient (Wildman–Crippen LogP) is 4.54. The van der Waals surface area contributed by atoms with Gasteiger partial charge in [0, 0.05) is 10.9 Å². The van der Waals surface area contributed by atoms with Gasteiger partial charge in [0.15, 0.2) is 0 Å². The first-order chi connectivity index (χ1) is 11.5. The Morgan fingerprint density at radius 3 is 2.83 bits per heavy atom. The molecule has 0 spiro atoms. The maximum absolute atomic E-state index is 14.2. The summed E-state index contributed by atoms with van der Waals surface area (Å²) in [5, 5.41) is 1.88. The van der Waals surface area contributed by atoms with Crippen LogP contribution in [0.5, 0.6) is 0 Å². The number of benzene rings is 1. The molecule has 1 amide bonds. The van der Waals surface area contributed by atoms with Crippen LogP contribution in [0.2, 0.25) is 0 Å². The zero-order valence-corrected chi connectivity index (χ0v) is 14.2. The fourth-order valence-electron chi connectivity index (χ4n) is 2.16. The van der Waals surface area contributed by atoms with Gasteiger partial charge in [0.25, 0.3) is 5.91 Å². The number of amides is 1. The maximum atomic E-state index is 14.2. The highest BCUT2D eigenvalue weighted by Gasteiger charge is 2.25. The summed E-state index contributed by atoms with van der Waals surface area (Å²) in [5.41, 5.74) is 0.0361. The van der Waals surface area contributed by atoms with E-state index in [0.717, 1.165) is 17.0 Å². The maximum Gasteiger partial charge on any atom is 0.256 e. The summed E-state index contributed by atoms with van der Waals surface area (Å²) in [7, 11) is 0. The van der Waals surface area contributed by atoms with E-state index in [1.165, 1.54) is 22.3 Å². The van der Waals surface area contributed by atoms with Gasteiger partial charge in [-0.15, -0.1) is 17.9 Å². The molecule has 0 saturated heterocycles. The van der Waals surface area contributed by atoms with Gasteiger partial charge in [-0.1, -0.05) is 12.1 Å². The fraction of sp³-hybridized carbons (Fsp3) is 0.278. The molecule has 1 atom stereocenters. The summed E-state index contributed by atoms with van der Waals surface area (Å²) in [6, 6.07) is 6.89. The minimum Gasteiger partial charge on any atom is -0.368 e. The molecule has 0 fully saturated rings. The monoisotopic (exact) mass is 351 g/mol. The molecule has 0 bridgehead atoms. The van der Waals surface area contributed by atoms with E-state index in [4.69, 9.17) is 4.74 Å². The van der Waals surface area contributed by atoms with Crippen LogP contribution in [0.4, 0.5) is 14.5 Å². The van der Waals surface area contributed by atoms with Crippen molar-refractivity contribution in [3.05, 3.63) is 64.9 Å². The number of ether oxygens (including phenoxy) is 1. The second-order valence-electron chi connectivity index (χ2n) is 5.19. The second-order valence-corrected chi connectivity index (χ2v) is 6.22. The molecular formula is C18H19F2NO2S. The summed E-state index contributed by atoms with van der Waals surface area (Å²) in [6.07, 6.45) is 1.57. The molecular weight excluding hydrogens is 332 g/mol. The van der Waals surface area contributed by atoms with E-state index in [0.29, 0.717) is 13.0 Å². The van der Waals surface area contributed by atoms with E-state index in [1.807, 2.05) is 17.5 Å². The number of anilines is 1. The Kier molecular flexibility index (Phi) is 6.63. The van der Waals surface area contributed by atoms with Crippen molar-refractivity contribution < 1.29 is 18.3 Å². The molecule has 3 nitrogen and oxygen atoms in total. The van der Waals surface area contributed by atoms with E-state index < -0.39 is 17.7 Å². The molecule has 1 unspecified atom stereocenters. The molecule has 0 aliphatic carbocycles. The average Bonchev–Trinajstić information content (AvgIpc) is 3.06. The van der Waals surface area contributed by atoms with Crippen molar-refractivity contribution in [3.8, 4) is 0 Å². The van der Waals surface area contributed by atoms with Crippen molar-refractivity contribution in [3.63, 3.8) is 0 Å². The van der Waals surface area contributed by atoms with Crippen LogP contribution >= 0.6 is 11.3 Å². The third-order valence-electron chi connectivity index (χ3n) is 3.40. The predicted molar refractivity (Wildman–Crippen MR) is 92.1 cm³/mol. The van der Waals surface area contributed by atoms with Crippen molar-refractivity contribution in [2.45, 2.75) is 26.0 Å². The summed E-state index contributed by atoms with van der Waals surface area (Å²) in [6.45, 7) is 5.77. The number of thiophene rings is 1. The van der Waals surface area contributed by atoms with Crippen LogP contribution in [0, 0.1) is 11.6 Å². The first-order valence-electron chi connectivity index (χ1n) is 7.54. The lowest BCUT2D eigenvalue weighted by Gasteiger charge is -2.26. The molecule has 1 aromatic heterocycles. The first-order valence-corrected chi connectivity index (χ1v) is 8.42. The van der Waals surface area contributed by atoms with Crippen LogP contribution in [0.3, 0.4) is 0 Å². The molecule has 0 aliphatic heterocycles. The van der Waals surface area contributed by atoms with Crippen LogP contribution < -0.4 is 4.90 Å². The summed E-state index contributed by atoms with van der Waals surface area (Å²) < 4.78 is 32.8. The largest absolute Gasteiger partial charge is 0.368 e. The molecule has 24 heavy (non-hydrogen) atoms. The van der Waals surface area contributed by atoms with Gasteiger partial charge in [-0.05, 0) is 36.9 Å². The van der Waals surface area contributed by atoms with Crippen molar-refractivity contribution in [2.24, 2.45) is 0 Å². The van der Waals surface area contributed by atoms with Crippen LogP contribution in [0.1, 0.15) is 18.2 Å². The van der Waals surface area contributed by atoms with E-state index in [1.54, 1.807) is 13.0 Å². The second kappa shape index (κ2) is 8.70. The minimum atomic E-state index is -0.779. The van der Waals surface area contributed by atoms with Crippen molar-refractivity contribution >= 4 is 22.9 Å². The normalized spacial score (nSPS) is 12.0. The third-order valence-corrected chi connectivity index (χ3v) is 4.26. The van der Waals surface area contributed by atoms with Crippen LogP contribution in [-0.2, 0) is 16.1 Å². The molecule has 6 heteroatoms. The van der Waals surface area contributed by atoms with E-state index >= 15 is 0 Å². The van der Waals surface area contributed by atoms with E-state index in [-0.39, 0.29) is 18.1 Å². The third kappa shape index (κ3) is 4.72. The Labute approximate surface area is 144 Å². The van der Waals surface area contributed by atoms with Gasteiger partial charge in [0.2, 0.25) is 0 Å². The number of hydrogen-bond donors (Lipinski definition) is 0. The highest BCUT2D eigenvalue weighted by atomic mass is 32.1. The van der Waals surface area contributed by atoms with Gasteiger partial charge in [-0.25, -0.2) is 8.78 Å². The number of carbonyl (C=O) groups is 1. The van der Waals surface area contributed by atoms with E-state index in [2.05, 4.69) is 6.58 Å².